The second-order valence-electron chi connectivity index (χ2n) is 3.11. The molecule has 3 heteroatoms. The fourth-order valence-corrected chi connectivity index (χ4v) is 1.14. The normalized spacial score (nSPS) is 23.8. The van der Waals surface area contributed by atoms with Gasteiger partial charge in [0, 0.05) is 12.5 Å². The summed E-state index contributed by atoms with van der Waals surface area (Å²) in [5, 5.41) is 8.62. The zero-order chi connectivity index (χ0) is 7.78. The summed E-state index contributed by atoms with van der Waals surface area (Å²) in [4.78, 5) is 10.5. The minimum atomic E-state index is -0.845. The second kappa shape index (κ2) is 2.23. The molecule has 1 N–H and O–H groups in total. The number of carboxylic acid groups (broad SMARTS) is 1. The molecule has 0 aromatic rings. The van der Waals surface area contributed by atoms with Crippen LogP contribution in [0, 0.1) is 5.41 Å². The average Bonchev–Trinajstić information content (AvgIpc) is 2.49. The van der Waals surface area contributed by atoms with Gasteiger partial charge in [-0.05, 0) is 12.8 Å². The predicted octanol–water partition coefficient (Wildman–Crippen LogP) is 0.886. The molecule has 1 atom stereocenters. The van der Waals surface area contributed by atoms with E-state index in [-0.39, 0.29) is 5.41 Å². The molecule has 3 nitrogen and oxygen atoms in total. The van der Waals surface area contributed by atoms with Gasteiger partial charge in [-0.3, -0.25) is 0 Å². The Kier molecular flexibility index (Phi) is 1.68. The Morgan fingerprint density at radius 2 is 2.20 bits per heavy atom. The SMILES string of the molecule is COC(C(=O)O)C1(C)CC1. The number of hydrogen-bond acceptors (Lipinski definition) is 2. The van der Waals surface area contributed by atoms with Crippen LogP contribution in [0.1, 0.15) is 19.8 Å². The summed E-state index contributed by atoms with van der Waals surface area (Å²) in [6, 6.07) is 0. The van der Waals surface area contributed by atoms with Gasteiger partial charge in [0.2, 0.25) is 0 Å². The van der Waals surface area contributed by atoms with E-state index in [0.29, 0.717) is 0 Å². The molecular formula is C7H12O3. The Morgan fingerprint density at radius 1 is 1.70 bits per heavy atom. The van der Waals surface area contributed by atoms with Crippen LogP contribution in [-0.4, -0.2) is 24.3 Å². The first-order valence-electron chi connectivity index (χ1n) is 3.36. The van der Waals surface area contributed by atoms with Crippen molar-refractivity contribution in [3.8, 4) is 0 Å². The lowest BCUT2D eigenvalue weighted by atomic mass is 10.0. The zero-order valence-corrected chi connectivity index (χ0v) is 6.26. The standard InChI is InChI=1S/C7H12O3/c1-7(3-4-7)5(10-2)6(8)9/h5H,3-4H2,1-2H3,(H,8,9). The van der Waals surface area contributed by atoms with Crippen molar-refractivity contribution >= 4 is 5.97 Å². The minimum absolute atomic E-state index is 0.0828. The molecule has 0 radical (unpaired) electrons. The smallest absolute Gasteiger partial charge is 0.333 e. The number of ether oxygens (including phenoxy) is 1. The third kappa shape index (κ3) is 1.14. The molecule has 0 saturated heterocycles. The summed E-state index contributed by atoms with van der Waals surface area (Å²) in [6.45, 7) is 1.94. The average molecular weight is 144 g/mol. The van der Waals surface area contributed by atoms with Gasteiger partial charge in [0.15, 0.2) is 6.10 Å². The van der Waals surface area contributed by atoms with E-state index in [9.17, 15) is 4.79 Å². The Hall–Kier alpha value is -0.570. The van der Waals surface area contributed by atoms with Crippen LogP contribution in [-0.2, 0) is 9.53 Å². The number of methoxy groups -OCH3 is 1. The number of hydrogen-bond donors (Lipinski definition) is 1. The molecule has 58 valence electrons. The fraction of sp³-hybridized carbons (Fsp3) is 0.857. The highest BCUT2D eigenvalue weighted by Crippen LogP contribution is 2.49. The largest absolute Gasteiger partial charge is 0.479 e. The van der Waals surface area contributed by atoms with Crippen molar-refractivity contribution in [2.45, 2.75) is 25.9 Å². The van der Waals surface area contributed by atoms with Crippen molar-refractivity contribution in [3.63, 3.8) is 0 Å². The number of carboxylic acids is 1. The van der Waals surface area contributed by atoms with Gasteiger partial charge in [-0.1, -0.05) is 6.92 Å². The van der Waals surface area contributed by atoms with E-state index < -0.39 is 12.1 Å². The maximum atomic E-state index is 10.5. The number of carbonyl (C=O) groups is 1. The summed E-state index contributed by atoms with van der Waals surface area (Å²) in [5.74, 6) is -0.845. The van der Waals surface area contributed by atoms with E-state index >= 15 is 0 Å². The van der Waals surface area contributed by atoms with Gasteiger partial charge < -0.3 is 9.84 Å². The highest BCUT2D eigenvalue weighted by molar-refractivity contribution is 5.74. The number of aliphatic carboxylic acids is 1. The second-order valence-corrected chi connectivity index (χ2v) is 3.11. The van der Waals surface area contributed by atoms with Gasteiger partial charge in [-0.2, -0.15) is 0 Å². The van der Waals surface area contributed by atoms with Crippen molar-refractivity contribution in [2.24, 2.45) is 5.41 Å². The van der Waals surface area contributed by atoms with Crippen molar-refractivity contribution < 1.29 is 14.6 Å². The predicted molar refractivity (Wildman–Crippen MR) is 35.8 cm³/mol. The molecule has 0 aliphatic heterocycles. The maximum absolute atomic E-state index is 10.5. The molecule has 0 heterocycles. The summed E-state index contributed by atoms with van der Waals surface area (Å²) in [6.07, 6.45) is 1.34. The van der Waals surface area contributed by atoms with Gasteiger partial charge in [-0.15, -0.1) is 0 Å². The van der Waals surface area contributed by atoms with E-state index in [4.69, 9.17) is 9.84 Å². The summed E-state index contributed by atoms with van der Waals surface area (Å²) in [5.41, 5.74) is -0.0828. The van der Waals surface area contributed by atoms with Crippen molar-refractivity contribution in [3.05, 3.63) is 0 Å². The molecule has 1 fully saturated rings. The molecule has 1 rings (SSSR count). The Balaban J connectivity index is 2.57. The molecule has 0 amide bonds. The fourth-order valence-electron chi connectivity index (χ4n) is 1.14. The van der Waals surface area contributed by atoms with Crippen LogP contribution in [0.5, 0.6) is 0 Å². The quantitative estimate of drug-likeness (QED) is 0.639. The highest BCUT2D eigenvalue weighted by Gasteiger charge is 2.48. The van der Waals surface area contributed by atoms with Crippen LogP contribution in [0.3, 0.4) is 0 Å². The van der Waals surface area contributed by atoms with Crippen molar-refractivity contribution in [1.29, 1.82) is 0 Å². The van der Waals surface area contributed by atoms with E-state index in [1.54, 1.807) is 0 Å². The topological polar surface area (TPSA) is 46.5 Å². The van der Waals surface area contributed by atoms with Gasteiger partial charge in [0.25, 0.3) is 0 Å². The molecule has 10 heavy (non-hydrogen) atoms. The number of rotatable bonds is 3. The van der Waals surface area contributed by atoms with Crippen LogP contribution >= 0.6 is 0 Å². The molecule has 1 aliphatic carbocycles. The lowest BCUT2D eigenvalue weighted by Crippen LogP contribution is -2.30. The van der Waals surface area contributed by atoms with Crippen molar-refractivity contribution in [2.75, 3.05) is 7.11 Å². The third-order valence-corrected chi connectivity index (χ3v) is 2.13. The third-order valence-electron chi connectivity index (χ3n) is 2.13. The molecular weight excluding hydrogens is 132 g/mol. The van der Waals surface area contributed by atoms with Gasteiger partial charge in [0.05, 0.1) is 0 Å². The first-order valence-corrected chi connectivity index (χ1v) is 3.36. The Labute approximate surface area is 60.0 Å². The lowest BCUT2D eigenvalue weighted by Gasteiger charge is -2.16. The Bertz CT molecular complexity index is 149. The maximum Gasteiger partial charge on any atom is 0.333 e. The van der Waals surface area contributed by atoms with E-state index in [1.807, 2.05) is 6.92 Å². The van der Waals surface area contributed by atoms with E-state index in [0.717, 1.165) is 12.8 Å². The van der Waals surface area contributed by atoms with Crippen LogP contribution in [0.2, 0.25) is 0 Å². The van der Waals surface area contributed by atoms with Crippen molar-refractivity contribution in [1.82, 2.24) is 0 Å². The zero-order valence-electron chi connectivity index (χ0n) is 6.26. The van der Waals surface area contributed by atoms with Crippen LogP contribution in [0.25, 0.3) is 0 Å². The highest BCUT2D eigenvalue weighted by atomic mass is 16.5. The van der Waals surface area contributed by atoms with Gasteiger partial charge in [-0.25, -0.2) is 4.79 Å². The van der Waals surface area contributed by atoms with Gasteiger partial charge >= 0.3 is 5.97 Å². The molecule has 1 saturated carbocycles. The summed E-state index contributed by atoms with van der Waals surface area (Å²) >= 11 is 0. The minimum Gasteiger partial charge on any atom is -0.479 e. The first kappa shape index (κ1) is 7.54. The summed E-state index contributed by atoms with van der Waals surface area (Å²) < 4.78 is 4.84. The van der Waals surface area contributed by atoms with Crippen LogP contribution < -0.4 is 0 Å². The molecule has 0 aromatic heterocycles. The first-order chi connectivity index (χ1) is 4.60. The van der Waals surface area contributed by atoms with Crippen LogP contribution in [0.4, 0.5) is 0 Å². The Morgan fingerprint density at radius 3 is 2.30 bits per heavy atom. The van der Waals surface area contributed by atoms with E-state index in [1.165, 1.54) is 7.11 Å². The molecule has 1 unspecified atom stereocenters. The van der Waals surface area contributed by atoms with E-state index in [2.05, 4.69) is 0 Å². The van der Waals surface area contributed by atoms with Crippen LogP contribution in [0.15, 0.2) is 0 Å². The molecule has 0 aromatic carbocycles. The monoisotopic (exact) mass is 144 g/mol. The van der Waals surface area contributed by atoms with Gasteiger partial charge in [0.1, 0.15) is 0 Å². The molecule has 0 spiro atoms. The molecule has 1 aliphatic rings. The molecule has 0 bridgehead atoms. The lowest BCUT2D eigenvalue weighted by molar-refractivity contribution is -0.152. The summed E-state index contributed by atoms with van der Waals surface area (Å²) in [7, 11) is 1.45.